The molecule has 0 aliphatic carbocycles. The molecule has 0 radical (unpaired) electrons. The molecule has 1 heterocycles. The van der Waals surface area contributed by atoms with Crippen LogP contribution in [-0.4, -0.2) is 30.3 Å². The molecule has 0 amide bonds. The average Bonchev–Trinajstić information content (AvgIpc) is 2.78. The van der Waals surface area contributed by atoms with Gasteiger partial charge in [-0.05, 0) is 20.3 Å². The molecule has 18 heavy (non-hydrogen) atoms. The summed E-state index contributed by atoms with van der Waals surface area (Å²) in [6.07, 6.45) is 2.61. The fourth-order valence-corrected chi connectivity index (χ4v) is 1.45. The van der Waals surface area contributed by atoms with Gasteiger partial charge < -0.3 is 14.0 Å². The Bertz CT molecular complexity index is 399. The molecular formula is C12H17NO5. The van der Waals surface area contributed by atoms with Gasteiger partial charge in [-0.1, -0.05) is 5.16 Å². The third-order valence-corrected chi connectivity index (χ3v) is 2.23. The second-order valence-electron chi connectivity index (χ2n) is 3.54. The zero-order chi connectivity index (χ0) is 13.4. The maximum atomic E-state index is 11.5. The van der Waals surface area contributed by atoms with Crippen molar-refractivity contribution >= 4 is 11.9 Å². The lowest BCUT2D eigenvalue weighted by Gasteiger charge is -2.02. The monoisotopic (exact) mass is 255 g/mol. The number of nitrogens with zero attached hydrogens (tertiary/aromatic N) is 1. The van der Waals surface area contributed by atoms with E-state index in [0.717, 1.165) is 0 Å². The summed E-state index contributed by atoms with van der Waals surface area (Å²) >= 11 is 0. The minimum atomic E-state index is -0.454. The van der Waals surface area contributed by atoms with Gasteiger partial charge in [-0.15, -0.1) is 0 Å². The summed E-state index contributed by atoms with van der Waals surface area (Å²) < 4.78 is 14.6. The zero-order valence-corrected chi connectivity index (χ0v) is 10.6. The van der Waals surface area contributed by atoms with Gasteiger partial charge in [-0.2, -0.15) is 0 Å². The van der Waals surface area contributed by atoms with Crippen LogP contribution in [0.3, 0.4) is 0 Å². The molecule has 0 saturated heterocycles. The molecule has 0 atom stereocenters. The Hall–Kier alpha value is -1.85. The van der Waals surface area contributed by atoms with Gasteiger partial charge in [-0.3, -0.25) is 4.79 Å². The minimum Gasteiger partial charge on any atom is -0.466 e. The number of rotatable bonds is 7. The van der Waals surface area contributed by atoms with Crippen LogP contribution in [0.4, 0.5) is 0 Å². The van der Waals surface area contributed by atoms with Gasteiger partial charge in [0.15, 0.2) is 5.76 Å². The van der Waals surface area contributed by atoms with Crippen molar-refractivity contribution in [1.82, 2.24) is 5.16 Å². The van der Waals surface area contributed by atoms with Gasteiger partial charge in [0, 0.05) is 12.8 Å². The van der Waals surface area contributed by atoms with E-state index in [1.54, 1.807) is 13.8 Å². The van der Waals surface area contributed by atoms with Crippen LogP contribution in [0.15, 0.2) is 10.7 Å². The number of hydrogen-bond acceptors (Lipinski definition) is 6. The van der Waals surface area contributed by atoms with Crippen LogP contribution < -0.4 is 0 Å². The predicted molar refractivity (Wildman–Crippen MR) is 62.0 cm³/mol. The second kappa shape index (κ2) is 7.47. The second-order valence-corrected chi connectivity index (χ2v) is 3.54. The molecule has 1 aromatic heterocycles. The molecule has 0 unspecified atom stereocenters. The van der Waals surface area contributed by atoms with Gasteiger partial charge in [0.1, 0.15) is 5.56 Å². The number of esters is 2. The molecule has 6 heteroatoms. The standard InChI is InChI=1S/C12H17NO5/c1-3-16-11(14)7-5-6-10-9(8-13-18-10)12(15)17-4-2/h8H,3-7H2,1-2H3. The van der Waals surface area contributed by atoms with E-state index >= 15 is 0 Å². The van der Waals surface area contributed by atoms with Gasteiger partial charge in [0.25, 0.3) is 0 Å². The van der Waals surface area contributed by atoms with Crippen molar-refractivity contribution in [3.8, 4) is 0 Å². The van der Waals surface area contributed by atoms with Gasteiger partial charge in [-0.25, -0.2) is 4.79 Å². The Labute approximate surface area is 105 Å². The van der Waals surface area contributed by atoms with Crippen molar-refractivity contribution in [2.45, 2.75) is 33.1 Å². The molecule has 0 N–H and O–H groups in total. The smallest absolute Gasteiger partial charge is 0.343 e. The molecule has 0 aromatic carbocycles. The molecule has 0 fully saturated rings. The van der Waals surface area contributed by atoms with Crippen LogP contribution in [-0.2, 0) is 20.7 Å². The summed E-state index contributed by atoms with van der Waals surface area (Å²) in [5.74, 6) is -0.266. The van der Waals surface area contributed by atoms with Gasteiger partial charge in [0.05, 0.1) is 19.4 Å². The predicted octanol–water partition coefficient (Wildman–Crippen LogP) is 1.74. The van der Waals surface area contributed by atoms with E-state index in [0.29, 0.717) is 37.4 Å². The Balaban J connectivity index is 2.45. The van der Waals surface area contributed by atoms with Crippen molar-refractivity contribution < 1.29 is 23.6 Å². The highest BCUT2D eigenvalue weighted by atomic mass is 16.5. The summed E-state index contributed by atoms with van der Waals surface area (Å²) in [6.45, 7) is 4.15. The van der Waals surface area contributed by atoms with E-state index < -0.39 is 5.97 Å². The first-order chi connectivity index (χ1) is 8.69. The average molecular weight is 255 g/mol. The molecule has 0 bridgehead atoms. The quantitative estimate of drug-likeness (QED) is 0.690. The highest BCUT2D eigenvalue weighted by Gasteiger charge is 2.17. The van der Waals surface area contributed by atoms with Crippen LogP contribution in [0.1, 0.15) is 42.8 Å². The van der Waals surface area contributed by atoms with Crippen LogP contribution in [0, 0.1) is 0 Å². The van der Waals surface area contributed by atoms with Crippen molar-refractivity contribution in [2.24, 2.45) is 0 Å². The molecule has 0 aliphatic heterocycles. The Morgan fingerprint density at radius 3 is 2.67 bits per heavy atom. The molecule has 1 aromatic rings. The van der Waals surface area contributed by atoms with E-state index in [2.05, 4.69) is 5.16 Å². The number of carbonyl (C=O) groups is 2. The number of aromatic nitrogens is 1. The lowest BCUT2D eigenvalue weighted by molar-refractivity contribution is -0.143. The van der Waals surface area contributed by atoms with Crippen molar-refractivity contribution in [2.75, 3.05) is 13.2 Å². The Kier molecular flexibility index (Phi) is 5.90. The number of ether oxygens (including phenoxy) is 2. The summed E-state index contributed by atoms with van der Waals surface area (Å²) in [5, 5.41) is 3.57. The highest BCUT2D eigenvalue weighted by Crippen LogP contribution is 2.13. The first-order valence-electron chi connectivity index (χ1n) is 5.95. The van der Waals surface area contributed by atoms with Crippen LogP contribution in [0.2, 0.25) is 0 Å². The zero-order valence-electron chi connectivity index (χ0n) is 10.6. The summed E-state index contributed by atoms with van der Waals surface area (Å²) in [5.41, 5.74) is 0.320. The molecular weight excluding hydrogens is 238 g/mol. The lowest BCUT2D eigenvalue weighted by atomic mass is 10.1. The van der Waals surface area contributed by atoms with Crippen LogP contribution >= 0.6 is 0 Å². The summed E-state index contributed by atoms with van der Waals surface area (Å²) in [6, 6.07) is 0. The first kappa shape index (κ1) is 14.2. The Morgan fingerprint density at radius 2 is 2.00 bits per heavy atom. The molecule has 1 rings (SSSR count). The van der Waals surface area contributed by atoms with E-state index in [9.17, 15) is 9.59 Å². The lowest BCUT2D eigenvalue weighted by Crippen LogP contribution is -2.07. The first-order valence-corrected chi connectivity index (χ1v) is 5.95. The maximum absolute atomic E-state index is 11.5. The highest BCUT2D eigenvalue weighted by molar-refractivity contribution is 5.90. The molecule has 100 valence electrons. The Morgan fingerprint density at radius 1 is 1.28 bits per heavy atom. The van der Waals surface area contributed by atoms with E-state index in [-0.39, 0.29) is 12.4 Å². The van der Waals surface area contributed by atoms with E-state index in [1.165, 1.54) is 6.20 Å². The third kappa shape index (κ3) is 4.20. The fraction of sp³-hybridized carbons (Fsp3) is 0.583. The van der Waals surface area contributed by atoms with E-state index in [1.807, 2.05) is 0 Å². The van der Waals surface area contributed by atoms with Crippen molar-refractivity contribution in [3.63, 3.8) is 0 Å². The van der Waals surface area contributed by atoms with Crippen molar-refractivity contribution in [3.05, 3.63) is 17.5 Å². The molecule has 0 saturated carbocycles. The minimum absolute atomic E-state index is 0.255. The number of carbonyl (C=O) groups excluding carboxylic acids is 2. The SMILES string of the molecule is CCOC(=O)CCCc1oncc1C(=O)OCC. The summed E-state index contributed by atoms with van der Waals surface area (Å²) in [4.78, 5) is 22.6. The third-order valence-electron chi connectivity index (χ3n) is 2.23. The normalized spacial score (nSPS) is 10.1. The van der Waals surface area contributed by atoms with Gasteiger partial charge in [0.2, 0.25) is 0 Å². The van der Waals surface area contributed by atoms with Crippen LogP contribution in [0.25, 0.3) is 0 Å². The summed E-state index contributed by atoms with van der Waals surface area (Å²) in [7, 11) is 0. The molecule has 6 nitrogen and oxygen atoms in total. The van der Waals surface area contributed by atoms with Gasteiger partial charge >= 0.3 is 11.9 Å². The number of aryl methyl sites for hydroxylation is 1. The molecule has 0 spiro atoms. The number of hydrogen-bond donors (Lipinski definition) is 0. The fourth-order valence-electron chi connectivity index (χ4n) is 1.45. The maximum Gasteiger partial charge on any atom is 0.343 e. The van der Waals surface area contributed by atoms with E-state index in [4.69, 9.17) is 14.0 Å². The largest absolute Gasteiger partial charge is 0.466 e. The molecule has 0 aliphatic rings. The topological polar surface area (TPSA) is 78.6 Å². The van der Waals surface area contributed by atoms with Crippen molar-refractivity contribution in [1.29, 1.82) is 0 Å². The van der Waals surface area contributed by atoms with Crippen LogP contribution in [0.5, 0.6) is 0 Å².